The molecule has 1 rings (SSSR count). The van der Waals surface area contributed by atoms with Crippen molar-refractivity contribution in [2.24, 2.45) is 5.41 Å². The Morgan fingerprint density at radius 1 is 1.50 bits per heavy atom. The van der Waals surface area contributed by atoms with Gasteiger partial charge in [-0.15, -0.1) is 0 Å². The summed E-state index contributed by atoms with van der Waals surface area (Å²) in [5.74, 6) is 0. The third-order valence-electron chi connectivity index (χ3n) is 2.64. The van der Waals surface area contributed by atoms with Crippen LogP contribution in [0.2, 0.25) is 0 Å². The Balaban J connectivity index is 2.60. The third-order valence-corrected chi connectivity index (χ3v) is 2.64. The van der Waals surface area contributed by atoms with Crippen molar-refractivity contribution in [1.29, 1.82) is 0 Å². The zero-order valence-electron chi connectivity index (χ0n) is 9.83. The van der Waals surface area contributed by atoms with E-state index in [4.69, 9.17) is 0 Å². The van der Waals surface area contributed by atoms with Crippen molar-refractivity contribution < 1.29 is 0 Å². The van der Waals surface area contributed by atoms with E-state index in [1.807, 2.05) is 17.1 Å². The Labute approximate surface area is 86.5 Å². The Bertz CT molecular complexity index is 283. The van der Waals surface area contributed by atoms with Gasteiger partial charge in [0, 0.05) is 18.8 Å². The molecule has 3 heteroatoms. The molecule has 1 atom stereocenters. The first-order valence-electron chi connectivity index (χ1n) is 5.22. The van der Waals surface area contributed by atoms with Gasteiger partial charge in [0.15, 0.2) is 0 Å². The minimum atomic E-state index is 0.272. The summed E-state index contributed by atoms with van der Waals surface area (Å²) in [6.45, 7) is 11.9. The molecule has 0 aliphatic heterocycles. The number of hydrogen-bond acceptors (Lipinski definition) is 2. The molecular weight excluding hydrogens is 174 g/mol. The molecule has 1 aromatic heterocycles. The van der Waals surface area contributed by atoms with Crippen LogP contribution in [-0.2, 0) is 6.54 Å². The van der Waals surface area contributed by atoms with Crippen molar-refractivity contribution in [3.8, 4) is 0 Å². The molecule has 0 aliphatic carbocycles. The van der Waals surface area contributed by atoms with Gasteiger partial charge in [-0.25, -0.2) is 0 Å². The van der Waals surface area contributed by atoms with E-state index in [0.717, 1.165) is 12.2 Å². The quantitative estimate of drug-likeness (QED) is 0.803. The van der Waals surface area contributed by atoms with Crippen LogP contribution in [0.5, 0.6) is 0 Å². The summed E-state index contributed by atoms with van der Waals surface area (Å²) >= 11 is 0. The van der Waals surface area contributed by atoms with E-state index in [-0.39, 0.29) is 5.41 Å². The number of nitrogens with zero attached hydrogens (tertiary/aromatic N) is 2. The van der Waals surface area contributed by atoms with Gasteiger partial charge in [-0.3, -0.25) is 4.68 Å². The molecule has 80 valence electrons. The van der Waals surface area contributed by atoms with Gasteiger partial charge < -0.3 is 5.32 Å². The second kappa shape index (κ2) is 4.03. The lowest BCUT2D eigenvalue weighted by molar-refractivity contribution is 0.359. The van der Waals surface area contributed by atoms with E-state index in [0.29, 0.717) is 6.04 Å². The Morgan fingerprint density at radius 3 is 2.57 bits per heavy atom. The molecule has 0 spiro atoms. The van der Waals surface area contributed by atoms with Crippen LogP contribution in [0.25, 0.3) is 0 Å². The van der Waals surface area contributed by atoms with Crippen molar-refractivity contribution in [2.45, 2.75) is 47.2 Å². The Kier molecular flexibility index (Phi) is 3.19. The van der Waals surface area contributed by atoms with E-state index in [1.54, 1.807) is 0 Å². The van der Waals surface area contributed by atoms with Crippen molar-refractivity contribution in [1.82, 2.24) is 9.78 Å². The molecule has 0 aliphatic rings. The lowest BCUT2D eigenvalue weighted by Gasteiger charge is -2.28. The predicted octanol–water partition coefficient (Wildman–Crippen LogP) is 2.75. The highest BCUT2D eigenvalue weighted by molar-refractivity contribution is 5.39. The molecular formula is C11H21N3. The fourth-order valence-corrected chi connectivity index (χ4v) is 1.08. The molecule has 0 fully saturated rings. The molecule has 14 heavy (non-hydrogen) atoms. The Hall–Kier alpha value is -0.990. The second-order valence-corrected chi connectivity index (χ2v) is 4.82. The maximum atomic E-state index is 4.22. The first-order chi connectivity index (χ1) is 6.43. The summed E-state index contributed by atoms with van der Waals surface area (Å²) < 4.78 is 1.93. The minimum Gasteiger partial charge on any atom is -0.380 e. The number of hydrogen-bond donors (Lipinski definition) is 1. The summed E-state index contributed by atoms with van der Waals surface area (Å²) in [5.41, 5.74) is 1.38. The summed E-state index contributed by atoms with van der Waals surface area (Å²) in [6.07, 6.45) is 3.92. The second-order valence-electron chi connectivity index (χ2n) is 4.82. The molecule has 0 saturated heterocycles. The number of anilines is 1. The average Bonchev–Trinajstić information content (AvgIpc) is 2.50. The van der Waals surface area contributed by atoms with E-state index in [2.05, 4.69) is 45.0 Å². The van der Waals surface area contributed by atoms with Crippen molar-refractivity contribution in [3.05, 3.63) is 12.4 Å². The highest BCUT2D eigenvalue weighted by atomic mass is 15.3. The van der Waals surface area contributed by atoms with Crippen LogP contribution in [0.1, 0.15) is 34.6 Å². The van der Waals surface area contributed by atoms with E-state index in [9.17, 15) is 0 Å². The highest BCUT2D eigenvalue weighted by Gasteiger charge is 2.19. The molecule has 3 nitrogen and oxygen atoms in total. The molecule has 1 heterocycles. The van der Waals surface area contributed by atoms with Crippen LogP contribution in [0.4, 0.5) is 5.69 Å². The smallest absolute Gasteiger partial charge is 0.0728 e. The van der Waals surface area contributed by atoms with Gasteiger partial charge in [-0.05, 0) is 19.3 Å². The fourth-order valence-electron chi connectivity index (χ4n) is 1.08. The molecule has 0 radical (unpaired) electrons. The first kappa shape index (κ1) is 11.1. The fraction of sp³-hybridized carbons (Fsp3) is 0.727. The topological polar surface area (TPSA) is 29.9 Å². The molecule has 1 N–H and O–H groups in total. The summed E-state index contributed by atoms with van der Waals surface area (Å²) in [6, 6.07) is 0.442. The van der Waals surface area contributed by atoms with Crippen LogP contribution in [0.3, 0.4) is 0 Å². The van der Waals surface area contributed by atoms with E-state index >= 15 is 0 Å². The van der Waals surface area contributed by atoms with Gasteiger partial charge in [-0.1, -0.05) is 20.8 Å². The van der Waals surface area contributed by atoms with Gasteiger partial charge in [0.25, 0.3) is 0 Å². The van der Waals surface area contributed by atoms with Crippen molar-refractivity contribution in [2.75, 3.05) is 5.32 Å². The van der Waals surface area contributed by atoms with Gasteiger partial charge in [0.1, 0.15) is 0 Å². The summed E-state index contributed by atoms with van der Waals surface area (Å²) in [7, 11) is 0. The van der Waals surface area contributed by atoms with Gasteiger partial charge >= 0.3 is 0 Å². The molecule has 1 aromatic rings. The molecule has 0 bridgehead atoms. The van der Waals surface area contributed by atoms with Crippen LogP contribution < -0.4 is 5.32 Å². The summed E-state index contributed by atoms with van der Waals surface area (Å²) in [4.78, 5) is 0. The molecule has 0 amide bonds. The largest absolute Gasteiger partial charge is 0.380 e. The van der Waals surface area contributed by atoms with Gasteiger partial charge in [0.2, 0.25) is 0 Å². The number of aryl methyl sites for hydroxylation is 1. The zero-order valence-corrected chi connectivity index (χ0v) is 9.83. The van der Waals surface area contributed by atoms with E-state index < -0.39 is 0 Å². The lowest BCUT2D eigenvalue weighted by Crippen LogP contribution is -2.30. The zero-order chi connectivity index (χ0) is 10.8. The van der Waals surface area contributed by atoms with Crippen LogP contribution >= 0.6 is 0 Å². The molecule has 0 saturated carbocycles. The van der Waals surface area contributed by atoms with E-state index in [1.165, 1.54) is 0 Å². The summed E-state index contributed by atoms with van der Waals surface area (Å²) in [5, 5.41) is 7.68. The Morgan fingerprint density at radius 2 is 2.14 bits per heavy atom. The predicted molar refractivity (Wildman–Crippen MR) is 60.4 cm³/mol. The number of nitrogens with one attached hydrogen (secondary N) is 1. The average molecular weight is 195 g/mol. The minimum absolute atomic E-state index is 0.272. The molecule has 1 unspecified atom stereocenters. The van der Waals surface area contributed by atoms with Gasteiger partial charge in [-0.2, -0.15) is 5.10 Å². The maximum absolute atomic E-state index is 4.22. The lowest BCUT2D eigenvalue weighted by atomic mass is 9.88. The van der Waals surface area contributed by atoms with Crippen LogP contribution in [0.15, 0.2) is 12.4 Å². The SMILES string of the molecule is CCn1cc(NC(C)C(C)(C)C)cn1. The monoisotopic (exact) mass is 195 g/mol. The highest BCUT2D eigenvalue weighted by Crippen LogP contribution is 2.22. The maximum Gasteiger partial charge on any atom is 0.0728 e. The first-order valence-corrected chi connectivity index (χ1v) is 5.22. The van der Waals surface area contributed by atoms with Crippen molar-refractivity contribution >= 4 is 5.69 Å². The standard InChI is InChI=1S/C11H21N3/c1-6-14-8-10(7-12-14)13-9(2)11(3,4)5/h7-9,13H,6H2,1-5H3. The third kappa shape index (κ3) is 2.76. The van der Waals surface area contributed by atoms with Gasteiger partial charge in [0.05, 0.1) is 11.9 Å². The normalized spacial score (nSPS) is 14.1. The number of rotatable bonds is 3. The van der Waals surface area contributed by atoms with Crippen LogP contribution in [0, 0.1) is 5.41 Å². The van der Waals surface area contributed by atoms with Crippen LogP contribution in [-0.4, -0.2) is 15.8 Å². The number of aromatic nitrogens is 2. The molecule has 0 aromatic carbocycles. The van der Waals surface area contributed by atoms with Crippen molar-refractivity contribution in [3.63, 3.8) is 0 Å².